The number of aromatic nitrogens is 1. The van der Waals surface area contributed by atoms with Gasteiger partial charge in [-0.1, -0.05) is 35.9 Å². The second kappa shape index (κ2) is 16.3. The number of nitrogens with one attached hydrogen (secondary N) is 3. The lowest BCUT2D eigenvalue weighted by atomic mass is 10.1. The summed E-state index contributed by atoms with van der Waals surface area (Å²) in [5, 5.41) is 8.19. The van der Waals surface area contributed by atoms with Gasteiger partial charge in [0.1, 0.15) is 5.71 Å². The van der Waals surface area contributed by atoms with E-state index in [2.05, 4.69) is 43.8 Å². The first-order valence-corrected chi connectivity index (χ1v) is 14.2. The third-order valence-corrected chi connectivity index (χ3v) is 7.05. The molecule has 0 radical (unpaired) electrons. The number of ether oxygens (including phenoxy) is 3. The fourth-order valence-electron chi connectivity index (χ4n) is 3.94. The van der Waals surface area contributed by atoms with Crippen LogP contribution >= 0.6 is 11.8 Å². The molecule has 3 aromatic rings. The molecule has 218 valence electrons. The zero-order valence-corrected chi connectivity index (χ0v) is 24.4. The SMILES string of the molecule is CNC(=O)c1ccccc1Sc1ccc2c(c1)CN=C2C#Cc1cncc(NC(=O)NCCOCCOCCOC)c1. The van der Waals surface area contributed by atoms with E-state index < -0.39 is 0 Å². The van der Waals surface area contributed by atoms with E-state index in [0.717, 1.165) is 20.9 Å². The van der Waals surface area contributed by atoms with Crippen molar-refractivity contribution in [2.45, 2.75) is 16.3 Å². The van der Waals surface area contributed by atoms with Crippen molar-refractivity contribution >= 4 is 35.1 Å². The Bertz CT molecular complexity index is 1480. The molecule has 42 heavy (non-hydrogen) atoms. The van der Waals surface area contributed by atoms with Gasteiger partial charge >= 0.3 is 6.03 Å². The van der Waals surface area contributed by atoms with Gasteiger partial charge in [-0.2, -0.15) is 0 Å². The zero-order valence-electron chi connectivity index (χ0n) is 23.6. The monoisotopic (exact) mass is 587 g/mol. The zero-order chi connectivity index (χ0) is 29.6. The van der Waals surface area contributed by atoms with Crippen molar-refractivity contribution in [3.8, 4) is 11.8 Å². The molecule has 0 saturated carbocycles. The molecule has 0 atom stereocenters. The van der Waals surface area contributed by atoms with Gasteiger partial charge in [0.05, 0.1) is 57.0 Å². The van der Waals surface area contributed by atoms with Gasteiger partial charge < -0.3 is 30.2 Å². The first kappa shape index (κ1) is 30.7. The van der Waals surface area contributed by atoms with Gasteiger partial charge in [0.15, 0.2) is 0 Å². The Morgan fingerprint density at radius 3 is 2.62 bits per heavy atom. The lowest BCUT2D eigenvalue weighted by molar-refractivity contribution is 0.0260. The Balaban J connectivity index is 1.28. The number of fused-ring (bicyclic) bond motifs is 1. The predicted molar refractivity (Wildman–Crippen MR) is 162 cm³/mol. The van der Waals surface area contributed by atoms with Crippen molar-refractivity contribution in [1.82, 2.24) is 15.6 Å². The van der Waals surface area contributed by atoms with Crippen LogP contribution < -0.4 is 16.0 Å². The van der Waals surface area contributed by atoms with E-state index in [4.69, 9.17) is 14.2 Å². The van der Waals surface area contributed by atoms with Crippen molar-refractivity contribution in [3.63, 3.8) is 0 Å². The first-order valence-electron chi connectivity index (χ1n) is 13.4. The maximum atomic E-state index is 12.2. The third-order valence-electron chi connectivity index (χ3n) is 5.98. The van der Waals surface area contributed by atoms with Crippen LogP contribution in [0.15, 0.2) is 75.7 Å². The average Bonchev–Trinajstić information content (AvgIpc) is 3.41. The number of anilines is 1. The quantitative estimate of drug-likeness (QED) is 0.206. The third kappa shape index (κ3) is 9.15. The van der Waals surface area contributed by atoms with Gasteiger partial charge in [-0.05, 0) is 41.8 Å². The summed E-state index contributed by atoms with van der Waals surface area (Å²) in [6.07, 6.45) is 3.20. The number of amides is 3. The lowest BCUT2D eigenvalue weighted by Crippen LogP contribution is -2.31. The van der Waals surface area contributed by atoms with Crippen molar-refractivity contribution in [3.05, 3.63) is 83.2 Å². The maximum Gasteiger partial charge on any atom is 0.319 e. The molecule has 0 saturated heterocycles. The number of methoxy groups -OCH3 is 1. The number of urea groups is 1. The summed E-state index contributed by atoms with van der Waals surface area (Å²) >= 11 is 1.54. The van der Waals surface area contributed by atoms with Crippen LogP contribution in [0.5, 0.6) is 0 Å². The fourth-order valence-corrected chi connectivity index (χ4v) is 4.95. The number of carbonyl (C=O) groups is 2. The van der Waals surface area contributed by atoms with E-state index in [0.29, 0.717) is 68.6 Å². The minimum Gasteiger partial charge on any atom is -0.382 e. The highest BCUT2D eigenvalue weighted by molar-refractivity contribution is 7.99. The highest BCUT2D eigenvalue weighted by Gasteiger charge is 2.16. The molecule has 4 rings (SSSR count). The van der Waals surface area contributed by atoms with Gasteiger partial charge in [-0.15, -0.1) is 0 Å². The predicted octanol–water partition coefficient (Wildman–Crippen LogP) is 3.75. The number of benzene rings is 2. The lowest BCUT2D eigenvalue weighted by Gasteiger charge is -2.09. The number of carbonyl (C=O) groups excluding carboxylic acids is 2. The van der Waals surface area contributed by atoms with Crippen LogP contribution in [-0.2, 0) is 20.8 Å². The van der Waals surface area contributed by atoms with Crippen LogP contribution in [0, 0.1) is 11.8 Å². The number of rotatable bonds is 13. The largest absolute Gasteiger partial charge is 0.382 e. The van der Waals surface area contributed by atoms with Crippen molar-refractivity contribution in [1.29, 1.82) is 0 Å². The molecule has 1 aliphatic rings. The van der Waals surface area contributed by atoms with Crippen LogP contribution in [-0.4, -0.2) is 76.4 Å². The van der Waals surface area contributed by atoms with Crippen LogP contribution in [0.25, 0.3) is 0 Å². The number of pyridine rings is 1. The van der Waals surface area contributed by atoms with E-state index >= 15 is 0 Å². The summed E-state index contributed by atoms with van der Waals surface area (Å²) < 4.78 is 15.6. The summed E-state index contributed by atoms with van der Waals surface area (Å²) in [6.45, 7) is 3.26. The van der Waals surface area contributed by atoms with Gasteiger partial charge in [-0.3, -0.25) is 14.8 Å². The van der Waals surface area contributed by atoms with Crippen LogP contribution in [0.4, 0.5) is 10.5 Å². The smallest absolute Gasteiger partial charge is 0.319 e. The molecule has 2 aromatic carbocycles. The Morgan fingerprint density at radius 2 is 1.79 bits per heavy atom. The van der Waals surface area contributed by atoms with E-state index in [1.807, 2.05) is 36.4 Å². The molecule has 0 fully saturated rings. The summed E-state index contributed by atoms with van der Waals surface area (Å²) in [5.41, 5.74) is 4.58. The Kier molecular flexibility index (Phi) is 11.9. The minimum absolute atomic E-state index is 0.115. The summed E-state index contributed by atoms with van der Waals surface area (Å²) in [5.74, 6) is 6.13. The maximum absolute atomic E-state index is 12.2. The Morgan fingerprint density at radius 1 is 0.976 bits per heavy atom. The number of aliphatic imine (C=N–C) groups is 1. The molecule has 11 heteroatoms. The van der Waals surface area contributed by atoms with Crippen LogP contribution in [0.1, 0.15) is 27.0 Å². The molecule has 3 N–H and O–H groups in total. The molecular weight excluding hydrogens is 554 g/mol. The fraction of sp³-hybridized carbons (Fsp3) is 0.290. The van der Waals surface area contributed by atoms with Gasteiger partial charge in [0.25, 0.3) is 5.91 Å². The number of hydrogen-bond donors (Lipinski definition) is 3. The van der Waals surface area contributed by atoms with Gasteiger partial charge in [-0.25, -0.2) is 4.79 Å². The Labute approximate surface area is 249 Å². The van der Waals surface area contributed by atoms with Crippen LogP contribution in [0.3, 0.4) is 0 Å². The minimum atomic E-state index is -0.359. The molecule has 0 bridgehead atoms. The topological polar surface area (TPSA) is 123 Å². The normalized spacial score (nSPS) is 11.6. The first-order chi connectivity index (χ1) is 20.6. The summed E-state index contributed by atoms with van der Waals surface area (Å²) in [4.78, 5) is 35.2. The van der Waals surface area contributed by atoms with Gasteiger partial charge in [0, 0.05) is 47.8 Å². The molecule has 10 nitrogen and oxygen atoms in total. The van der Waals surface area contributed by atoms with Crippen molar-refractivity contribution < 1.29 is 23.8 Å². The molecule has 2 heterocycles. The van der Waals surface area contributed by atoms with Crippen molar-refractivity contribution in [2.75, 3.05) is 59.1 Å². The average molecular weight is 588 g/mol. The summed E-state index contributed by atoms with van der Waals surface area (Å²) in [6, 6.07) is 15.0. The number of nitrogens with zero attached hydrogens (tertiary/aromatic N) is 2. The van der Waals surface area contributed by atoms with E-state index in [9.17, 15) is 9.59 Å². The molecular formula is C31H33N5O5S. The second-order valence-corrected chi connectivity index (χ2v) is 10.1. The van der Waals surface area contributed by atoms with Crippen molar-refractivity contribution in [2.24, 2.45) is 4.99 Å². The van der Waals surface area contributed by atoms with E-state index in [1.54, 1.807) is 44.4 Å². The highest BCUT2D eigenvalue weighted by Crippen LogP contribution is 2.33. The molecule has 1 aromatic heterocycles. The molecule has 1 aliphatic heterocycles. The van der Waals surface area contributed by atoms with E-state index in [-0.39, 0.29) is 11.9 Å². The molecule has 3 amide bonds. The molecule has 0 aliphatic carbocycles. The summed E-state index contributed by atoms with van der Waals surface area (Å²) in [7, 11) is 3.25. The Hall–Kier alpha value is -4.21. The van der Waals surface area contributed by atoms with Crippen LogP contribution in [0.2, 0.25) is 0 Å². The molecule has 0 unspecified atom stereocenters. The van der Waals surface area contributed by atoms with E-state index in [1.165, 1.54) is 0 Å². The second-order valence-electron chi connectivity index (χ2n) is 8.97. The van der Waals surface area contributed by atoms with Gasteiger partial charge in [0.2, 0.25) is 0 Å². The number of hydrogen-bond acceptors (Lipinski definition) is 8. The highest BCUT2D eigenvalue weighted by atomic mass is 32.2. The molecule has 0 spiro atoms. The standard InChI is InChI=1S/C31H33N5O5S/c1-32-30(37)27-5-3-4-6-29(27)42-25-8-9-26-23(18-25)20-35-28(26)10-7-22-17-24(21-33-19-22)36-31(38)34-11-12-40-15-16-41-14-13-39-2/h3-6,8-9,17-19,21H,11-16,20H2,1-2H3,(H,32,37)(H2,34,36,38).